The van der Waals surface area contributed by atoms with Gasteiger partial charge in [0, 0.05) is 44.9 Å². The van der Waals surface area contributed by atoms with Gasteiger partial charge in [-0.1, -0.05) is 158 Å². The molecule has 0 bridgehead atoms. The minimum absolute atomic E-state index is 0.830. The zero-order chi connectivity index (χ0) is 36.6. The normalized spacial score (nSPS) is 11.3. The number of fused-ring (bicyclic) bond motifs is 5. The second-order valence-corrected chi connectivity index (χ2v) is 13.7. The summed E-state index contributed by atoms with van der Waals surface area (Å²) in [5.41, 5.74) is 12.6. The van der Waals surface area contributed by atoms with E-state index in [1.165, 1.54) is 11.1 Å². The Morgan fingerprint density at radius 1 is 0.309 bits per heavy atom. The molecule has 3 nitrogen and oxygen atoms in total. The summed E-state index contributed by atoms with van der Waals surface area (Å²) in [6.07, 6.45) is 0. The maximum atomic E-state index is 6.90. The summed E-state index contributed by atoms with van der Waals surface area (Å²) in [7, 11) is 0. The Kier molecular flexibility index (Phi) is 8.16. The molecule has 0 saturated heterocycles. The summed E-state index contributed by atoms with van der Waals surface area (Å²) in [5.74, 6) is 0. The van der Waals surface area contributed by atoms with Crippen molar-refractivity contribution in [2.75, 3.05) is 9.80 Å². The van der Waals surface area contributed by atoms with Gasteiger partial charge >= 0.3 is 0 Å². The van der Waals surface area contributed by atoms with Crippen LogP contribution in [0.3, 0.4) is 0 Å². The number of furan rings is 1. The highest BCUT2D eigenvalue weighted by atomic mass is 16.3. The lowest BCUT2D eigenvalue weighted by Crippen LogP contribution is -2.17. The number of hydrogen-bond donors (Lipinski definition) is 0. The number of rotatable bonds is 8. The van der Waals surface area contributed by atoms with E-state index in [0.29, 0.717) is 0 Å². The van der Waals surface area contributed by atoms with Gasteiger partial charge in [-0.15, -0.1) is 0 Å². The van der Waals surface area contributed by atoms with E-state index in [4.69, 9.17) is 4.42 Å². The topological polar surface area (TPSA) is 19.6 Å². The Morgan fingerprint density at radius 3 is 1.55 bits per heavy atom. The lowest BCUT2D eigenvalue weighted by molar-refractivity contribution is 0.672. The minimum Gasteiger partial charge on any atom is -0.455 e. The number of benzene rings is 9. The summed E-state index contributed by atoms with van der Waals surface area (Å²) in [6, 6.07) is 77.5. The maximum absolute atomic E-state index is 6.90. The van der Waals surface area contributed by atoms with E-state index >= 15 is 0 Å². The second kappa shape index (κ2) is 13.9. The van der Waals surface area contributed by atoms with Crippen molar-refractivity contribution in [1.29, 1.82) is 0 Å². The van der Waals surface area contributed by atoms with Crippen molar-refractivity contribution >= 4 is 66.8 Å². The molecule has 0 aliphatic carbocycles. The first-order valence-electron chi connectivity index (χ1n) is 18.7. The van der Waals surface area contributed by atoms with Gasteiger partial charge in [0.15, 0.2) is 0 Å². The van der Waals surface area contributed by atoms with E-state index < -0.39 is 0 Å². The molecule has 0 unspecified atom stereocenters. The average Bonchev–Trinajstić information content (AvgIpc) is 3.64. The Bertz CT molecular complexity index is 2900. The van der Waals surface area contributed by atoms with Crippen LogP contribution in [0.15, 0.2) is 223 Å². The van der Waals surface area contributed by atoms with Crippen LogP contribution in [0.4, 0.5) is 34.1 Å². The van der Waals surface area contributed by atoms with Gasteiger partial charge in [-0.2, -0.15) is 0 Å². The molecular weight excluding hydrogens is 669 g/mol. The van der Waals surface area contributed by atoms with Gasteiger partial charge in [-0.25, -0.2) is 0 Å². The zero-order valence-corrected chi connectivity index (χ0v) is 30.1. The summed E-state index contributed by atoms with van der Waals surface area (Å²) >= 11 is 0. The zero-order valence-electron chi connectivity index (χ0n) is 30.1. The van der Waals surface area contributed by atoms with Gasteiger partial charge in [0.2, 0.25) is 0 Å². The maximum Gasteiger partial charge on any atom is 0.143 e. The van der Waals surface area contributed by atoms with Crippen molar-refractivity contribution in [2.45, 2.75) is 0 Å². The smallest absolute Gasteiger partial charge is 0.143 e. The third-order valence-corrected chi connectivity index (χ3v) is 10.4. The quantitative estimate of drug-likeness (QED) is 0.157. The molecule has 0 amide bonds. The van der Waals surface area contributed by atoms with E-state index in [1.54, 1.807) is 0 Å². The van der Waals surface area contributed by atoms with Crippen LogP contribution < -0.4 is 9.80 Å². The molecule has 10 rings (SSSR count). The summed E-state index contributed by atoms with van der Waals surface area (Å²) in [5, 5.41) is 4.40. The number of hydrogen-bond acceptors (Lipinski definition) is 3. The third kappa shape index (κ3) is 5.89. The van der Waals surface area contributed by atoms with E-state index in [1.807, 2.05) is 0 Å². The van der Waals surface area contributed by atoms with Gasteiger partial charge in [0.25, 0.3) is 0 Å². The van der Waals surface area contributed by atoms with E-state index in [0.717, 1.165) is 78.0 Å². The molecule has 1 heterocycles. The molecule has 0 spiro atoms. The first-order chi connectivity index (χ1) is 27.3. The fourth-order valence-electron chi connectivity index (χ4n) is 7.84. The molecule has 0 fully saturated rings. The van der Waals surface area contributed by atoms with Crippen molar-refractivity contribution in [3.8, 4) is 22.3 Å². The van der Waals surface area contributed by atoms with Gasteiger partial charge in [0.1, 0.15) is 11.2 Å². The Morgan fingerprint density at radius 2 is 0.836 bits per heavy atom. The van der Waals surface area contributed by atoms with E-state index in [9.17, 15) is 0 Å². The molecule has 10 aromatic rings. The monoisotopic (exact) mass is 704 g/mol. The van der Waals surface area contributed by atoms with Crippen molar-refractivity contribution in [3.63, 3.8) is 0 Å². The number of para-hydroxylation sites is 3. The van der Waals surface area contributed by atoms with Crippen LogP contribution >= 0.6 is 0 Å². The lowest BCUT2D eigenvalue weighted by Gasteiger charge is -2.34. The Hall–Kier alpha value is -7.36. The highest BCUT2D eigenvalue weighted by Crippen LogP contribution is 2.50. The van der Waals surface area contributed by atoms with E-state index in [-0.39, 0.29) is 0 Å². The van der Waals surface area contributed by atoms with Crippen LogP contribution in [0.2, 0.25) is 0 Å². The minimum atomic E-state index is 0.830. The Balaban J connectivity index is 1.29. The standard InChI is InChI=1S/C52H36N2O/c1-5-17-37(18-6-1)38-29-32-43(33-30-38)53(41-22-9-3-10-23-41)50-36-51-47(46-34-31-40-21-13-14-27-45(40)52(46)55-51)35-49(50)54(42-24-11-4-12-25-42)48-28-16-15-26-44(48)39-19-7-2-8-20-39/h1-36H. The highest BCUT2D eigenvalue weighted by molar-refractivity contribution is 6.17. The molecule has 1 aromatic heterocycles. The SMILES string of the molecule is c1ccc(-c2ccc(N(c3ccccc3)c3cc4oc5c6ccccc6ccc5c4cc3N(c3ccccc3)c3ccccc3-c3ccccc3)cc2)cc1. The van der Waals surface area contributed by atoms with Crippen molar-refractivity contribution < 1.29 is 4.42 Å². The predicted octanol–water partition coefficient (Wildman–Crippen LogP) is 15.0. The molecule has 260 valence electrons. The van der Waals surface area contributed by atoms with Crippen LogP contribution in [0.5, 0.6) is 0 Å². The van der Waals surface area contributed by atoms with Crippen LogP contribution in [-0.4, -0.2) is 0 Å². The first kappa shape index (κ1) is 32.3. The Labute approximate surface area is 320 Å². The van der Waals surface area contributed by atoms with Crippen molar-refractivity contribution in [1.82, 2.24) is 0 Å². The third-order valence-electron chi connectivity index (χ3n) is 10.4. The molecule has 0 aliphatic rings. The molecular formula is C52H36N2O. The summed E-state index contributed by atoms with van der Waals surface area (Å²) in [6.45, 7) is 0. The van der Waals surface area contributed by atoms with Crippen LogP contribution in [-0.2, 0) is 0 Å². The predicted molar refractivity (Wildman–Crippen MR) is 231 cm³/mol. The van der Waals surface area contributed by atoms with Gasteiger partial charge in [-0.05, 0) is 76.7 Å². The van der Waals surface area contributed by atoms with Crippen LogP contribution in [0, 0.1) is 0 Å². The summed E-state index contributed by atoms with van der Waals surface area (Å²) in [4.78, 5) is 4.77. The van der Waals surface area contributed by atoms with Crippen LogP contribution in [0.1, 0.15) is 0 Å². The fraction of sp³-hybridized carbons (Fsp3) is 0. The van der Waals surface area contributed by atoms with Crippen molar-refractivity contribution in [2.24, 2.45) is 0 Å². The first-order valence-corrected chi connectivity index (χ1v) is 18.7. The second-order valence-electron chi connectivity index (χ2n) is 13.7. The molecule has 0 atom stereocenters. The molecule has 3 heteroatoms. The molecule has 55 heavy (non-hydrogen) atoms. The molecule has 0 saturated carbocycles. The number of nitrogens with zero attached hydrogens (tertiary/aromatic N) is 2. The fourth-order valence-corrected chi connectivity index (χ4v) is 7.84. The summed E-state index contributed by atoms with van der Waals surface area (Å²) < 4.78 is 6.90. The average molecular weight is 705 g/mol. The van der Waals surface area contributed by atoms with Gasteiger partial charge in [0.05, 0.1) is 17.1 Å². The highest BCUT2D eigenvalue weighted by Gasteiger charge is 2.26. The molecule has 9 aromatic carbocycles. The number of anilines is 6. The molecule has 0 N–H and O–H groups in total. The van der Waals surface area contributed by atoms with Crippen molar-refractivity contribution in [3.05, 3.63) is 218 Å². The largest absolute Gasteiger partial charge is 0.455 e. The van der Waals surface area contributed by atoms with Crippen LogP contribution in [0.25, 0.3) is 55.0 Å². The van der Waals surface area contributed by atoms with Gasteiger partial charge < -0.3 is 14.2 Å². The van der Waals surface area contributed by atoms with Gasteiger partial charge in [-0.3, -0.25) is 0 Å². The van der Waals surface area contributed by atoms with E-state index in [2.05, 4.69) is 228 Å². The molecule has 0 aliphatic heterocycles. The molecule has 0 radical (unpaired) electrons. The lowest BCUT2D eigenvalue weighted by atomic mass is 10.00.